The summed E-state index contributed by atoms with van der Waals surface area (Å²) in [5, 5.41) is 6.66. The minimum Gasteiger partial charge on any atom is -0.353 e. The lowest BCUT2D eigenvalue weighted by atomic mass is 9.92. The van der Waals surface area contributed by atoms with Gasteiger partial charge in [-0.3, -0.25) is 4.79 Å². The summed E-state index contributed by atoms with van der Waals surface area (Å²) in [6.07, 6.45) is 5.38. The van der Waals surface area contributed by atoms with Crippen molar-refractivity contribution >= 4 is 5.91 Å². The summed E-state index contributed by atoms with van der Waals surface area (Å²) in [4.78, 5) is 14.4. The zero-order valence-electron chi connectivity index (χ0n) is 12.5. The number of hydrogen-bond donors (Lipinski definition) is 2. The van der Waals surface area contributed by atoms with Gasteiger partial charge in [-0.25, -0.2) is 0 Å². The van der Waals surface area contributed by atoms with E-state index < -0.39 is 0 Å². The Balaban J connectivity index is 1.66. The lowest BCUT2D eigenvalue weighted by Crippen LogP contribution is -2.48. The molecule has 4 heteroatoms. The smallest absolute Gasteiger partial charge is 0.220 e. The Morgan fingerprint density at radius 1 is 1.42 bits per heavy atom. The number of nitrogens with one attached hydrogen (secondary N) is 2. The minimum absolute atomic E-state index is 0.256. The van der Waals surface area contributed by atoms with Crippen LogP contribution in [0.25, 0.3) is 0 Å². The first-order chi connectivity index (χ1) is 9.15. The Morgan fingerprint density at radius 2 is 2.26 bits per heavy atom. The molecule has 0 saturated carbocycles. The maximum absolute atomic E-state index is 12.0. The third-order valence-electron chi connectivity index (χ3n) is 4.63. The summed E-state index contributed by atoms with van der Waals surface area (Å²) in [5.74, 6) is 1.53. The molecule has 19 heavy (non-hydrogen) atoms. The molecule has 4 nitrogen and oxygen atoms in total. The third-order valence-corrected chi connectivity index (χ3v) is 4.63. The standard InChI is InChI=1S/C15H29N3O/c1-12-11-18(2)9-7-14(12)17-15(19)6-5-13-4-3-8-16-10-13/h12-14,16H,3-11H2,1-2H3,(H,17,19). The van der Waals surface area contributed by atoms with Gasteiger partial charge in [0, 0.05) is 19.0 Å². The molecule has 2 heterocycles. The van der Waals surface area contributed by atoms with Crippen LogP contribution < -0.4 is 10.6 Å². The first-order valence-corrected chi connectivity index (χ1v) is 7.84. The van der Waals surface area contributed by atoms with Gasteiger partial charge in [-0.1, -0.05) is 6.92 Å². The average molecular weight is 267 g/mol. The van der Waals surface area contributed by atoms with E-state index in [1.54, 1.807) is 0 Å². The SMILES string of the molecule is CC1CN(C)CCC1NC(=O)CCC1CCCNC1. The molecular weight excluding hydrogens is 238 g/mol. The van der Waals surface area contributed by atoms with Gasteiger partial charge in [0.15, 0.2) is 0 Å². The van der Waals surface area contributed by atoms with Crippen LogP contribution in [0, 0.1) is 11.8 Å². The van der Waals surface area contributed by atoms with Crippen molar-refractivity contribution in [2.45, 2.75) is 45.1 Å². The predicted octanol–water partition coefficient (Wildman–Crippen LogP) is 1.22. The molecule has 0 bridgehead atoms. The van der Waals surface area contributed by atoms with Crippen LogP contribution >= 0.6 is 0 Å². The summed E-state index contributed by atoms with van der Waals surface area (Å²) in [5.41, 5.74) is 0. The van der Waals surface area contributed by atoms with E-state index in [-0.39, 0.29) is 5.91 Å². The van der Waals surface area contributed by atoms with Gasteiger partial charge in [-0.2, -0.15) is 0 Å². The summed E-state index contributed by atoms with van der Waals surface area (Å²) >= 11 is 0. The van der Waals surface area contributed by atoms with Gasteiger partial charge in [0.25, 0.3) is 0 Å². The van der Waals surface area contributed by atoms with Gasteiger partial charge in [-0.15, -0.1) is 0 Å². The molecular formula is C15H29N3O. The van der Waals surface area contributed by atoms with E-state index >= 15 is 0 Å². The lowest BCUT2D eigenvalue weighted by molar-refractivity contribution is -0.122. The van der Waals surface area contributed by atoms with Gasteiger partial charge in [0.05, 0.1) is 0 Å². The molecule has 2 fully saturated rings. The van der Waals surface area contributed by atoms with E-state index in [9.17, 15) is 4.79 Å². The highest BCUT2D eigenvalue weighted by atomic mass is 16.1. The molecule has 2 rings (SSSR count). The van der Waals surface area contributed by atoms with Gasteiger partial charge in [-0.05, 0) is 64.2 Å². The summed E-state index contributed by atoms with van der Waals surface area (Å²) in [6, 6.07) is 0.383. The highest BCUT2D eigenvalue weighted by molar-refractivity contribution is 5.76. The monoisotopic (exact) mass is 267 g/mol. The maximum Gasteiger partial charge on any atom is 0.220 e. The van der Waals surface area contributed by atoms with E-state index in [2.05, 4.69) is 29.5 Å². The molecule has 3 atom stereocenters. The van der Waals surface area contributed by atoms with Crippen LogP contribution in [-0.4, -0.2) is 50.1 Å². The zero-order chi connectivity index (χ0) is 13.7. The predicted molar refractivity (Wildman–Crippen MR) is 78.0 cm³/mol. The fourth-order valence-electron chi connectivity index (χ4n) is 3.35. The molecule has 2 N–H and O–H groups in total. The Kier molecular flexibility index (Phi) is 5.64. The van der Waals surface area contributed by atoms with Crippen LogP contribution in [0.1, 0.15) is 39.0 Å². The lowest BCUT2D eigenvalue weighted by Gasteiger charge is -2.35. The molecule has 110 valence electrons. The maximum atomic E-state index is 12.0. The van der Waals surface area contributed by atoms with E-state index in [0.717, 1.165) is 39.0 Å². The normalized spacial score (nSPS) is 33.1. The molecule has 3 unspecified atom stereocenters. The summed E-state index contributed by atoms with van der Waals surface area (Å²) in [7, 11) is 2.16. The topological polar surface area (TPSA) is 44.4 Å². The van der Waals surface area contributed by atoms with Gasteiger partial charge in [0.1, 0.15) is 0 Å². The van der Waals surface area contributed by atoms with Crippen molar-refractivity contribution in [1.82, 2.24) is 15.5 Å². The number of rotatable bonds is 4. The third kappa shape index (κ3) is 4.77. The highest BCUT2D eigenvalue weighted by Crippen LogP contribution is 2.18. The average Bonchev–Trinajstić information content (AvgIpc) is 2.41. The second-order valence-corrected chi connectivity index (χ2v) is 6.45. The molecule has 2 aliphatic rings. The first kappa shape index (κ1) is 14.8. The van der Waals surface area contributed by atoms with Crippen molar-refractivity contribution < 1.29 is 4.79 Å². The van der Waals surface area contributed by atoms with E-state index in [1.165, 1.54) is 12.8 Å². The van der Waals surface area contributed by atoms with Crippen LogP contribution in [-0.2, 0) is 4.79 Å². The summed E-state index contributed by atoms with van der Waals surface area (Å²) in [6.45, 7) is 6.68. The molecule has 1 amide bonds. The van der Waals surface area contributed by atoms with Crippen molar-refractivity contribution in [2.24, 2.45) is 11.8 Å². The number of nitrogens with zero attached hydrogens (tertiary/aromatic N) is 1. The number of amides is 1. The largest absolute Gasteiger partial charge is 0.353 e. The molecule has 0 aromatic rings. The fraction of sp³-hybridized carbons (Fsp3) is 0.933. The van der Waals surface area contributed by atoms with Crippen LogP contribution in [0.5, 0.6) is 0 Å². The molecule has 0 aromatic carbocycles. The van der Waals surface area contributed by atoms with Crippen molar-refractivity contribution in [3.63, 3.8) is 0 Å². The van der Waals surface area contributed by atoms with Crippen molar-refractivity contribution in [2.75, 3.05) is 33.2 Å². The minimum atomic E-state index is 0.256. The number of piperidine rings is 2. The van der Waals surface area contributed by atoms with Crippen molar-refractivity contribution in [3.8, 4) is 0 Å². The van der Waals surface area contributed by atoms with Crippen molar-refractivity contribution in [1.29, 1.82) is 0 Å². The Labute approximate surface area is 117 Å². The van der Waals surface area contributed by atoms with Crippen LogP contribution in [0.2, 0.25) is 0 Å². The van der Waals surface area contributed by atoms with Crippen LogP contribution in [0.3, 0.4) is 0 Å². The number of hydrogen-bond acceptors (Lipinski definition) is 3. The van der Waals surface area contributed by atoms with Gasteiger partial charge in [0.2, 0.25) is 5.91 Å². The molecule has 0 aliphatic carbocycles. The quantitative estimate of drug-likeness (QED) is 0.805. The van der Waals surface area contributed by atoms with Crippen LogP contribution in [0.15, 0.2) is 0 Å². The second-order valence-electron chi connectivity index (χ2n) is 6.45. The van der Waals surface area contributed by atoms with Crippen molar-refractivity contribution in [3.05, 3.63) is 0 Å². The number of likely N-dealkylation sites (tertiary alicyclic amines) is 1. The number of carbonyl (C=O) groups is 1. The second kappa shape index (κ2) is 7.25. The molecule has 2 aliphatic heterocycles. The zero-order valence-corrected chi connectivity index (χ0v) is 12.5. The number of carbonyl (C=O) groups excluding carboxylic acids is 1. The molecule has 0 radical (unpaired) electrons. The first-order valence-electron chi connectivity index (χ1n) is 7.84. The van der Waals surface area contributed by atoms with E-state index in [0.29, 0.717) is 24.3 Å². The molecule has 0 spiro atoms. The van der Waals surface area contributed by atoms with E-state index in [4.69, 9.17) is 0 Å². The highest BCUT2D eigenvalue weighted by Gasteiger charge is 2.25. The molecule has 2 saturated heterocycles. The Morgan fingerprint density at radius 3 is 2.95 bits per heavy atom. The summed E-state index contributed by atoms with van der Waals surface area (Å²) < 4.78 is 0. The molecule has 0 aromatic heterocycles. The fourth-order valence-corrected chi connectivity index (χ4v) is 3.35. The van der Waals surface area contributed by atoms with Gasteiger partial charge < -0.3 is 15.5 Å². The van der Waals surface area contributed by atoms with E-state index in [1.807, 2.05) is 0 Å². The van der Waals surface area contributed by atoms with Gasteiger partial charge >= 0.3 is 0 Å². The Bertz CT molecular complexity index is 289. The van der Waals surface area contributed by atoms with Crippen LogP contribution in [0.4, 0.5) is 0 Å². The Hall–Kier alpha value is -0.610.